The molecule has 1 aromatic rings. The first-order valence-corrected chi connectivity index (χ1v) is 6.43. The molecule has 0 atom stereocenters. The Kier molecular flexibility index (Phi) is 4.34. The number of halogens is 2. The molecule has 1 nitrogen and oxygen atoms in total. The van der Waals surface area contributed by atoms with E-state index in [2.05, 4.69) is 0 Å². The highest BCUT2D eigenvalue weighted by atomic mass is 19.2. The topological polar surface area (TPSA) is 9.23 Å². The standard InChI is InChI=1S/C15H18F2O/c1-2-10-18-12-8-6-11(7-9-12)13-4-3-5-14(16)15(13)17/h2-5,10-12H,6-9H2,1H3/b10-2+. The number of allylic oxidation sites excluding steroid dienone is 1. The lowest BCUT2D eigenvalue weighted by molar-refractivity contribution is 0.0989. The zero-order valence-electron chi connectivity index (χ0n) is 10.5. The Morgan fingerprint density at radius 1 is 1.17 bits per heavy atom. The Morgan fingerprint density at radius 2 is 1.89 bits per heavy atom. The predicted octanol–water partition coefficient (Wildman–Crippen LogP) is 4.54. The highest BCUT2D eigenvalue weighted by molar-refractivity contribution is 5.23. The molecular formula is C15H18F2O. The zero-order valence-corrected chi connectivity index (χ0v) is 10.5. The molecular weight excluding hydrogens is 234 g/mol. The summed E-state index contributed by atoms with van der Waals surface area (Å²) in [6, 6.07) is 4.44. The second-order valence-electron chi connectivity index (χ2n) is 4.72. The van der Waals surface area contributed by atoms with Gasteiger partial charge in [-0.1, -0.05) is 18.2 Å². The molecule has 0 saturated heterocycles. The minimum atomic E-state index is -0.750. The molecule has 98 valence electrons. The first-order valence-electron chi connectivity index (χ1n) is 6.43. The van der Waals surface area contributed by atoms with E-state index < -0.39 is 11.6 Å². The Hall–Kier alpha value is -1.38. The molecule has 1 saturated carbocycles. The number of hydrogen-bond donors (Lipinski definition) is 0. The van der Waals surface area contributed by atoms with Crippen LogP contribution in [0.5, 0.6) is 0 Å². The smallest absolute Gasteiger partial charge is 0.162 e. The van der Waals surface area contributed by atoms with Gasteiger partial charge in [0.05, 0.1) is 12.4 Å². The first-order chi connectivity index (χ1) is 8.72. The number of benzene rings is 1. The van der Waals surface area contributed by atoms with Crippen molar-refractivity contribution in [1.82, 2.24) is 0 Å². The summed E-state index contributed by atoms with van der Waals surface area (Å²) in [4.78, 5) is 0. The summed E-state index contributed by atoms with van der Waals surface area (Å²) in [5.74, 6) is -1.32. The molecule has 0 radical (unpaired) electrons. The van der Waals surface area contributed by atoms with E-state index in [0.29, 0.717) is 5.56 Å². The molecule has 0 bridgehead atoms. The van der Waals surface area contributed by atoms with Crippen molar-refractivity contribution in [3.8, 4) is 0 Å². The normalized spacial score (nSPS) is 24.4. The SMILES string of the molecule is C/C=C/OC1CCC(c2cccc(F)c2F)CC1. The minimum Gasteiger partial charge on any atom is -0.498 e. The van der Waals surface area contributed by atoms with E-state index in [1.54, 1.807) is 18.4 Å². The van der Waals surface area contributed by atoms with Crippen LogP contribution in [0.3, 0.4) is 0 Å². The molecule has 1 aliphatic carbocycles. The molecule has 0 N–H and O–H groups in total. The van der Waals surface area contributed by atoms with E-state index in [9.17, 15) is 8.78 Å². The summed E-state index contributed by atoms with van der Waals surface area (Å²) < 4.78 is 32.4. The van der Waals surface area contributed by atoms with Gasteiger partial charge in [-0.05, 0) is 50.2 Å². The van der Waals surface area contributed by atoms with Crippen LogP contribution in [0.2, 0.25) is 0 Å². The molecule has 1 fully saturated rings. The first kappa shape index (κ1) is 13.1. The van der Waals surface area contributed by atoms with E-state index in [4.69, 9.17) is 4.74 Å². The van der Waals surface area contributed by atoms with Crippen LogP contribution in [0.1, 0.15) is 44.1 Å². The quantitative estimate of drug-likeness (QED) is 0.717. The van der Waals surface area contributed by atoms with Crippen molar-refractivity contribution in [3.63, 3.8) is 0 Å². The van der Waals surface area contributed by atoms with Crippen LogP contribution in [-0.4, -0.2) is 6.10 Å². The maximum absolute atomic E-state index is 13.7. The van der Waals surface area contributed by atoms with Crippen molar-refractivity contribution < 1.29 is 13.5 Å². The largest absolute Gasteiger partial charge is 0.498 e. The third-order valence-electron chi connectivity index (χ3n) is 3.50. The Labute approximate surface area is 106 Å². The van der Waals surface area contributed by atoms with Crippen LogP contribution < -0.4 is 0 Å². The van der Waals surface area contributed by atoms with E-state index in [-0.39, 0.29) is 12.0 Å². The molecule has 1 aromatic carbocycles. The predicted molar refractivity (Wildman–Crippen MR) is 67.3 cm³/mol. The van der Waals surface area contributed by atoms with Crippen molar-refractivity contribution in [2.75, 3.05) is 0 Å². The third-order valence-corrected chi connectivity index (χ3v) is 3.50. The summed E-state index contributed by atoms with van der Waals surface area (Å²) in [7, 11) is 0. The molecule has 18 heavy (non-hydrogen) atoms. The van der Waals surface area contributed by atoms with E-state index in [0.717, 1.165) is 25.7 Å². The van der Waals surface area contributed by atoms with Crippen LogP contribution >= 0.6 is 0 Å². The van der Waals surface area contributed by atoms with Gasteiger partial charge in [0.25, 0.3) is 0 Å². The molecule has 0 unspecified atom stereocenters. The second-order valence-corrected chi connectivity index (χ2v) is 4.72. The molecule has 2 rings (SSSR count). The summed E-state index contributed by atoms with van der Waals surface area (Å²) in [5.41, 5.74) is 0.513. The average Bonchev–Trinajstić information content (AvgIpc) is 2.40. The van der Waals surface area contributed by atoms with Gasteiger partial charge in [0.2, 0.25) is 0 Å². The number of hydrogen-bond acceptors (Lipinski definition) is 1. The summed E-state index contributed by atoms with van der Waals surface area (Å²) >= 11 is 0. The highest BCUT2D eigenvalue weighted by Crippen LogP contribution is 2.35. The fraction of sp³-hybridized carbons (Fsp3) is 0.467. The van der Waals surface area contributed by atoms with Crippen LogP contribution in [0.25, 0.3) is 0 Å². The van der Waals surface area contributed by atoms with Crippen molar-refractivity contribution in [2.24, 2.45) is 0 Å². The fourth-order valence-corrected chi connectivity index (χ4v) is 2.54. The highest BCUT2D eigenvalue weighted by Gasteiger charge is 2.25. The Balaban J connectivity index is 1.99. The minimum absolute atomic E-state index is 0.117. The molecule has 0 aromatic heterocycles. The molecule has 3 heteroatoms. The average molecular weight is 252 g/mol. The van der Waals surface area contributed by atoms with E-state index in [1.807, 2.05) is 13.0 Å². The van der Waals surface area contributed by atoms with Gasteiger partial charge in [-0.2, -0.15) is 0 Å². The van der Waals surface area contributed by atoms with Crippen LogP contribution in [0, 0.1) is 11.6 Å². The van der Waals surface area contributed by atoms with Crippen LogP contribution in [0.4, 0.5) is 8.78 Å². The lowest BCUT2D eigenvalue weighted by atomic mass is 9.82. The van der Waals surface area contributed by atoms with Gasteiger partial charge >= 0.3 is 0 Å². The molecule has 0 spiro atoms. The van der Waals surface area contributed by atoms with E-state index in [1.165, 1.54) is 6.07 Å². The van der Waals surface area contributed by atoms with Crippen molar-refractivity contribution in [2.45, 2.75) is 44.6 Å². The third kappa shape index (κ3) is 2.89. The fourth-order valence-electron chi connectivity index (χ4n) is 2.54. The lowest BCUT2D eigenvalue weighted by Crippen LogP contribution is -2.19. The Bertz CT molecular complexity index is 421. The van der Waals surface area contributed by atoms with Crippen molar-refractivity contribution >= 4 is 0 Å². The molecule has 0 heterocycles. The van der Waals surface area contributed by atoms with Gasteiger partial charge in [0, 0.05) is 0 Å². The van der Waals surface area contributed by atoms with Crippen molar-refractivity contribution in [3.05, 3.63) is 47.7 Å². The van der Waals surface area contributed by atoms with Crippen LogP contribution in [0.15, 0.2) is 30.5 Å². The van der Waals surface area contributed by atoms with Gasteiger partial charge in [-0.25, -0.2) is 8.78 Å². The second kappa shape index (κ2) is 5.98. The lowest BCUT2D eigenvalue weighted by Gasteiger charge is -2.28. The van der Waals surface area contributed by atoms with Gasteiger partial charge in [-0.15, -0.1) is 0 Å². The molecule has 0 aliphatic heterocycles. The van der Waals surface area contributed by atoms with Gasteiger partial charge in [0.1, 0.15) is 0 Å². The zero-order chi connectivity index (χ0) is 13.0. The van der Waals surface area contributed by atoms with Crippen molar-refractivity contribution in [1.29, 1.82) is 0 Å². The number of ether oxygens (including phenoxy) is 1. The van der Waals surface area contributed by atoms with Gasteiger partial charge < -0.3 is 4.74 Å². The molecule has 0 amide bonds. The summed E-state index contributed by atoms with van der Waals surface area (Å²) in [6.45, 7) is 1.91. The monoisotopic (exact) mass is 252 g/mol. The van der Waals surface area contributed by atoms with E-state index >= 15 is 0 Å². The van der Waals surface area contributed by atoms with Gasteiger partial charge in [0.15, 0.2) is 11.6 Å². The number of rotatable bonds is 3. The summed E-state index contributed by atoms with van der Waals surface area (Å²) in [5, 5.41) is 0. The maximum atomic E-state index is 13.7. The van der Waals surface area contributed by atoms with Crippen LogP contribution in [-0.2, 0) is 4.74 Å². The Morgan fingerprint density at radius 3 is 2.56 bits per heavy atom. The van der Waals surface area contributed by atoms with Gasteiger partial charge in [-0.3, -0.25) is 0 Å². The molecule has 1 aliphatic rings. The maximum Gasteiger partial charge on any atom is 0.162 e. The summed E-state index contributed by atoms with van der Waals surface area (Å²) in [6.07, 6.45) is 7.27.